The van der Waals surface area contributed by atoms with Gasteiger partial charge in [-0.25, -0.2) is 9.98 Å². The molecule has 6 heteroatoms. The number of hydrogen-bond acceptors (Lipinski definition) is 4. The van der Waals surface area contributed by atoms with Gasteiger partial charge >= 0.3 is 0 Å². The van der Waals surface area contributed by atoms with Crippen molar-refractivity contribution < 1.29 is 9.59 Å². The van der Waals surface area contributed by atoms with Crippen molar-refractivity contribution in [3.05, 3.63) is 83.0 Å². The van der Waals surface area contributed by atoms with E-state index in [2.05, 4.69) is 17.2 Å². The van der Waals surface area contributed by atoms with E-state index in [9.17, 15) is 9.59 Å². The minimum atomic E-state index is -0.280. The third-order valence-corrected chi connectivity index (χ3v) is 5.55. The standard InChI is InChI=1S/C26H26N4O2/c1-4-19-8-10-20(11-9-19)23-15-25(32)30(26-22(28-23)6-5-13-27-26)16-24(31)29-21-12-7-17(2)14-18(21)3/h5-14H,4,15-16H2,1-3H3,(H,29,31). The quantitative estimate of drug-likeness (QED) is 0.639. The van der Waals surface area contributed by atoms with Gasteiger partial charge in [-0.15, -0.1) is 0 Å². The molecule has 2 aromatic carbocycles. The first-order valence-electron chi connectivity index (χ1n) is 10.7. The monoisotopic (exact) mass is 426 g/mol. The van der Waals surface area contributed by atoms with E-state index in [0.717, 1.165) is 28.8 Å². The number of aliphatic imine (C=N–C) groups is 1. The zero-order chi connectivity index (χ0) is 22.7. The maximum atomic E-state index is 13.2. The van der Waals surface area contributed by atoms with Gasteiger partial charge in [0.1, 0.15) is 12.2 Å². The van der Waals surface area contributed by atoms with Crippen molar-refractivity contribution in [2.45, 2.75) is 33.6 Å². The third kappa shape index (κ3) is 4.59. The van der Waals surface area contributed by atoms with Crippen molar-refractivity contribution in [3.63, 3.8) is 0 Å². The maximum absolute atomic E-state index is 13.2. The molecular weight excluding hydrogens is 400 g/mol. The summed E-state index contributed by atoms with van der Waals surface area (Å²) < 4.78 is 0. The molecule has 1 aliphatic rings. The fourth-order valence-corrected chi connectivity index (χ4v) is 3.78. The van der Waals surface area contributed by atoms with Gasteiger partial charge in [-0.1, -0.05) is 48.9 Å². The van der Waals surface area contributed by atoms with Crippen LogP contribution in [0.25, 0.3) is 0 Å². The highest BCUT2D eigenvalue weighted by Gasteiger charge is 2.27. The van der Waals surface area contributed by atoms with E-state index in [-0.39, 0.29) is 24.8 Å². The second kappa shape index (κ2) is 9.14. The molecule has 0 spiro atoms. The highest BCUT2D eigenvalue weighted by atomic mass is 16.2. The number of nitrogens with one attached hydrogen (secondary N) is 1. The lowest BCUT2D eigenvalue weighted by atomic mass is 10.0. The molecule has 1 aromatic heterocycles. The molecule has 0 radical (unpaired) electrons. The molecule has 0 saturated heterocycles. The molecule has 2 heterocycles. The van der Waals surface area contributed by atoms with Crippen LogP contribution in [-0.2, 0) is 16.0 Å². The molecule has 2 amide bonds. The molecule has 32 heavy (non-hydrogen) atoms. The zero-order valence-corrected chi connectivity index (χ0v) is 18.6. The number of nitrogens with zero attached hydrogens (tertiary/aromatic N) is 3. The summed E-state index contributed by atoms with van der Waals surface area (Å²) in [5.41, 5.74) is 6.19. The van der Waals surface area contributed by atoms with Gasteiger partial charge in [0.25, 0.3) is 0 Å². The second-order valence-electron chi connectivity index (χ2n) is 7.98. The Labute approximate surface area is 188 Å². The first kappa shape index (κ1) is 21.4. The van der Waals surface area contributed by atoms with Crippen LogP contribution in [0.2, 0.25) is 0 Å². The summed E-state index contributed by atoms with van der Waals surface area (Å²) in [5.74, 6) is -0.0948. The van der Waals surface area contributed by atoms with Crippen molar-refractivity contribution in [1.29, 1.82) is 0 Å². The van der Waals surface area contributed by atoms with Crippen LogP contribution in [0.1, 0.15) is 35.6 Å². The van der Waals surface area contributed by atoms with Gasteiger partial charge in [-0.3, -0.25) is 14.5 Å². The molecule has 0 unspecified atom stereocenters. The average Bonchev–Trinajstić information content (AvgIpc) is 2.92. The summed E-state index contributed by atoms with van der Waals surface area (Å²) in [6.07, 6.45) is 2.65. The molecule has 1 aliphatic heterocycles. The van der Waals surface area contributed by atoms with Crippen LogP contribution in [0.4, 0.5) is 17.2 Å². The van der Waals surface area contributed by atoms with Crippen molar-refractivity contribution in [2.24, 2.45) is 4.99 Å². The molecule has 0 fully saturated rings. The molecule has 4 rings (SSSR count). The molecule has 0 aliphatic carbocycles. The van der Waals surface area contributed by atoms with Crippen LogP contribution in [0.15, 0.2) is 65.8 Å². The van der Waals surface area contributed by atoms with Gasteiger partial charge in [0.05, 0.1) is 12.1 Å². The fraction of sp³-hybridized carbons (Fsp3) is 0.231. The largest absolute Gasteiger partial charge is 0.324 e. The van der Waals surface area contributed by atoms with Crippen LogP contribution in [0.3, 0.4) is 0 Å². The topological polar surface area (TPSA) is 74.7 Å². The van der Waals surface area contributed by atoms with Gasteiger partial charge in [0.15, 0.2) is 5.82 Å². The van der Waals surface area contributed by atoms with Crippen molar-refractivity contribution in [1.82, 2.24) is 4.98 Å². The minimum absolute atomic E-state index is 0.0959. The number of fused-ring (bicyclic) bond motifs is 1. The van der Waals surface area contributed by atoms with E-state index in [0.29, 0.717) is 17.2 Å². The predicted molar refractivity (Wildman–Crippen MR) is 128 cm³/mol. The highest BCUT2D eigenvalue weighted by molar-refractivity contribution is 6.18. The van der Waals surface area contributed by atoms with Crippen LogP contribution in [-0.4, -0.2) is 29.1 Å². The second-order valence-corrected chi connectivity index (χ2v) is 7.98. The fourth-order valence-electron chi connectivity index (χ4n) is 3.78. The zero-order valence-electron chi connectivity index (χ0n) is 18.6. The van der Waals surface area contributed by atoms with Crippen LogP contribution in [0.5, 0.6) is 0 Å². The summed E-state index contributed by atoms with van der Waals surface area (Å²) in [4.78, 5) is 36.6. The van der Waals surface area contributed by atoms with E-state index in [4.69, 9.17) is 4.99 Å². The Kier molecular flexibility index (Phi) is 6.12. The molecular formula is C26H26N4O2. The number of benzene rings is 2. The lowest BCUT2D eigenvalue weighted by Crippen LogP contribution is -2.39. The molecule has 0 saturated carbocycles. The normalized spacial score (nSPS) is 13.3. The van der Waals surface area contributed by atoms with Crippen molar-refractivity contribution in [2.75, 3.05) is 16.8 Å². The van der Waals surface area contributed by atoms with Gasteiger partial charge in [0.2, 0.25) is 11.8 Å². The first-order chi connectivity index (χ1) is 15.4. The van der Waals surface area contributed by atoms with Gasteiger partial charge in [-0.2, -0.15) is 0 Å². The lowest BCUT2D eigenvalue weighted by Gasteiger charge is -2.21. The third-order valence-electron chi connectivity index (χ3n) is 5.55. The van der Waals surface area contributed by atoms with Gasteiger partial charge in [0, 0.05) is 11.9 Å². The Balaban J connectivity index is 1.60. The lowest BCUT2D eigenvalue weighted by molar-refractivity contribution is -0.120. The summed E-state index contributed by atoms with van der Waals surface area (Å²) in [5, 5.41) is 2.91. The first-order valence-corrected chi connectivity index (χ1v) is 10.7. The minimum Gasteiger partial charge on any atom is -0.324 e. The summed E-state index contributed by atoms with van der Waals surface area (Å²) in [6, 6.07) is 17.5. The molecule has 3 aromatic rings. The van der Waals surface area contributed by atoms with E-state index >= 15 is 0 Å². The Morgan fingerprint density at radius 2 is 1.88 bits per heavy atom. The summed E-state index contributed by atoms with van der Waals surface area (Å²) in [7, 11) is 0. The van der Waals surface area contributed by atoms with E-state index in [1.807, 2.05) is 62.4 Å². The van der Waals surface area contributed by atoms with Crippen LogP contribution < -0.4 is 10.2 Å². The predicted octanol–water partition coefficient (Wildman–Crippen LogP) is 4.76. The van der Waals surface area contributed by atoms with E-state index in [1.54, 1.807) is 12.3 Å². The number of aryl methyl sites for hydroxylation is 3. The number of rotatable bonds is 5. The Hall–Kier alpha value is -3.80. The number of carbonyl (C=O) groups is 2. The maximum Gasteiger partial charge on any atom is 0.244 e. The molecule has 162 valence electrons. The van der Waals surface area contributed by atoms with E-state index < -0.39 is 0 Å². The highest BCUT2D eigenvalue weighted by Crippen LogP contribution is 2.31. The summed E-state index contributed by atoms with van der Waals surface area (Å²) >= 11 is 0. The molecule has 0 bridgehead atoms. The Bertz CT molecular complexity index is 1200. The van der Waals surface area contributed by atoms with Crippen molar-refractivity contribution >= 4 is 34.7 Å². The molecule has 6 nitrogen and oxygen atoms in total. The number of hydrogen-bond donors (Lipinski definition) is 1. The SMILES string of the molecule is CCc1ccc(C2=Nc3cccnc3N(CC(=O)Nc3ccc(C)cc3C)C(=O)C2)cc1. The number of pyridine rings is 1. The number of amides is 2. The Morgan fingerprint density at radius 1 is 1.09 bits per heavy atom. The summed E-state index contributed by atoms with van der Waals surface area (Å²) in [6.45, 7) is 5.92. The molecule has 1 N–H and O–H groups in total. The van der Waals surface area contributed by atoms with Gasteiger partial charge in [-0.05, 0) is 55.2 Å². The molecule has 0 atom stereocenters. The van der Waals surface area contributed by atoms with E-state index in [1.165, 1.54) is 10.5 Å². The number of aromatic nitrogens is 1. The van der Waals surface area contributed by atoms with Gasteiger partial charge < -0.3 is 5.32 Å². The average molecular weight is 427 g/mol. The van der Waals surface area contributed by atoms with Crippen LogP contribution >= 0.6 is 0 Å². The Morgan fingerprint density at radius 3 is 2.59 bits per heavy atom. The number of anilines is 2. The number of carbonyl (C=O) groups excluding carboxylic acids is 2. The van der Waals surface area contributed by atoms with Crippen molar-refractivity contribution in [3.8, 4) is 0 Å². The smallest absolute Gasteiger partial charge is 0.244 e. The van der Waals surface area contributed by atoms with Crippen LogP contribution in [0, 0.1) is 13.8 Å².